The topological polar surface area (TPSA) is 54.5 Å². The molecule has 24 heavy (non-hydrogen) atoms. The summed E-state index contributed by atoms with van der Waals surface area (Å²) in [7, 11) is -4.10. The summed E-state index contributed by atoms with van der Waals surface area (Å²) >= 11 is 11.3. The Balaban J connectivity index is 2.63. The van der Waals surface area contributed by atoms with Crippen molar-refractivity contribution < 1.29 is 17.6 Å². The third-order valence-electron chi connectivity index (χ3n) is 3.42. The highest BCUT2D eigenvalue weighted by molar-refractivity contribution is 7.93. The Morgan fingerprint density at radius 1 is 1.17 bits per heavy atom. The molecule has 128 valence electrons. The van der Waals surface area contributed by atoms with E-state index in [1.165, 1.54) is 25.1 Å². The minimum absolute atomic E-state index is 0.0154. The van der Waals surface area contributed by atoms with Gasteiger partial charge in [0.2, 0.25) is 5.24 Å². The molecule has 2 rings (SSSR count). The van der Waals surface area contributed by atoms with Gasteiger partial charge in [0.15, 0.2) is 0 Å². The first-order valence-corrected chi connectivity index (χ1v) is 9.09. The highest BCUT2D eigenvalue weighted by Crippen LogP contribution is 2.30. The van der Waals surface area contributed by atoms with Crippen LogP contribution in [0.2, 0.25) is 5.02 Å². The van der Waals surface area contributed by atoms with Gasteiger partial charge in [-0.15, -0.1) is 0 Å². The first-order valence-electron chi connectivity index (χ1n) is 6.90. The monoisotopic (exact) mass is 389 g/mol. The summed E-state index contributed by atoms with van der Waals surface area (Å²) in [6.07, 6.45) is 0. The van der Waals surface area contributed by atoms with Crippen LogP contribution in [0.5, 0.6) is 0 Å². The van der Waals surface area contributed by atoms with Gasteiger partial charge < -0.3 is 0 Å². The second kappa shape index (κ2) is 7.09. The number of aryl methyl sites for hydroxylation is 1. The van der Waals surface area contributed by atoms with Gasteiger partial charge in [0.05, 0.1) is 15.6 Å². The third kappa shape index (κ3) is 3.71. The van der Waals surface area contributed by atoms with E-state index in [4.69, 9.17) is 23.2 Å². The van der Waals surface area contributed by atoms with Gasteiger partial charge in [-0.2, -0.15) is 0 Å². The minimum atomic E-state index is -4.10. The maximum atomic E-state index is 13.4. The van der Waals surface area contributed by atoms with E-state index < -0.39 is 27.1 Å². The van der Waals surface area contributed by atoms with Crippen molar-refractivity contribution in [1.29, 1.82) is 0 Å². The van der Waals surface area contributed by atoms with Crippen LogP contribution in [0.1, 0.15) is 12.5 Å². The molecular formula is C16H14Cl2FNO3S. The van der Waals surface area contributed by atoms with Crippen LogP contribution >= 0.6 is 23.2 Å². The molecule has 0 heterocycles. The molecule has 0 amide bonds. The fraction of sp³-hybridized carbons (Fsp3) is 0.188. The van der Waals surface area contributed by atoms with E-state index in [-0.39, 0.29) is 15.6 Å². The van der Waals surface area contributed by atoms with Gasteiger partial charge in [0.25, 0.3) is 10.0 Å². The van der Waals surface area contributed by atoms with Crippen molar-refractivity contribution in [2.45, 2.75) is 24.8 Å². The molecule has 0 spiro atoms. The Morgan fingerprint density at radius 3 is 2.25 bits per heavy atom. The average Bonchev–Trinajstić information content (AvgIpc) is 2.51. The smallest absolute Gasteiger partial charge is 0.265 e. The number of nitrogens with zero attached hydrogens (tertiary/aromatic N) is 1. The Kier molecular flexibility index (Phi) is 5.52. The summed E-state index contributed by atoms with van der Waals surface area (Å²) in [5.74, 6) is -0.696. The van der Waals surface area contributed by atoms with Crippen LogP contribution in [-0.2, 0) is 14.8 Å². The molecule has 0 fully saturated rings. The molecule has 0 saturated heterocycles. The molecule has 0 aliphatic carbocycles. The molecular weight excluding hydrogens is 376 g/mol. The van der Waals surface area contributed by atoms with Crippen molar-refractivity contribution >= 4 is 44.2 Å². The van der Waals surface area contributed by atoms with Crippen molar-refractivity contribution in [3.63, 3.8) is 0 Å². The molecule has 0 aliphatic rings. The first-order chi connectivity index (χ1) is 11.1. The lowest BCUT2D eigenvalue weighted by molar-refractivity contribution is -0.112. The zero-order valence-electron chi connectivity index (χ0n) is 12.8. The van der Waals surface area contributed by atoms with Gasteiger partial charge in [0, 0.05) is 0 Å². The summed E-state index contributed by atoms with van der Waals surface area (Å²) < 4.78 is 40.2. The van der Waals surface area contributed by atoms with Crippen LogP contribution < -0.4 is 4.31 Å². The SMILES string of the molecule is Cc1ccc(S(=O)(=O)N(c2ccc(F)c(Cl)c2)C(C)C(=O)Cl)cc1. The van der Waals surface area contributed by atoms with Crippen LogP contribution in [0, 0.1) is 12.7 Å². The molecule has 0 aliphatic heterocycles. The van der Waals surface area contributed by atoms with Crippen molar-refractivity contribution in [2.24, 2.45) is 0 Å². The summed E-state index contributed by atoms with van der Waals surface area (Å²) in [6.45, 7) is 3.16. The molecule has 0 N–H and O–H groups in total. The zero-order valence-corrected chi connectivity index (χ0v) is 15.2. The van der Waals surface area contributed by atoms with Gasteiger partial charge in [-0.05, 0) is 55.8 Å². The molecule has 0 radical (unpaired) electrons. The van der Waals surface area contributed by atoms with Gasteiger partial charge in [-0.3, -0.25) is 9.10 Å². The lowest BCUT2D eigenvalue weighted by Gasteiger charge is -2.28. The fourth-order valence-electron chi connectivity index (χ4n) is 2.11. The van der Waals surface area contributed by atoms with E-state index in [0.29, 0.717) is 0 Å². The van der Waals surface area contributed by atoms with E-state index in [2.05, 4.69) is 0 Å². The standard InChI is InChI=1S/C16H14Cl2FNO3S/c1-10-3-6-13(7-4-10)24(22,23)20(11(2)16(18)21)12-5-8-15(19)14(17)9-12/h3-9,11H,1-2H3. The quantitative estimate of drug-likeness (QED) is 0.722. The lowest BCUT2D eigenvalue weighted by atomic mass is 10.2. The number of halogens is 3. The van der Waals surface area contributed by atoms with Crippen molar-refractivity contribution in [3.05, 3.63) is 58.9 Å². The molecule has 2 aromatic rings. The van der Waals surface area contributed by atoms with Crippen LogP contribution in [0.25, 0.3) is 0 Å². The number of rotatable bonds is 5. The molecule has 8 heteroatoms. The minimum Gasteiger partial charge on any atom is -0.279 e. The van der Waals surface area contributed by atoms with Gasteiger partial charge in [-0.25, -0.2) is 12.8 Å². The molecule has 0 saturated carbocycles. The Labute approximate surface area is 149 Å². The number of carbonyl (C=O) groups excluding carboxylic acids is 1. The Hall–Kier alpha value is -1.63. The van der Waals surface area contributed by atoms with Gasteiger partial charge in [0.1, 0.15) is 11.9 Å². The molecule has 4 nitrogen and oxygen atoms in total. The molecule has 0 bridgehead atoms. The van der Waals surface area contributed by atoms with Gasteiger partial charge >= 0.3 is 0 Å². The highest BCUT2D eigenvalue weighted by atomic mass is 35.5. The van der Waals surface area contributed by atoms with Crippen LogP contribution in [0.15, 0.2) is 47.4 Å². The van der Waals surface area contributed by atoms with Crippen LogP contribution in [0.4, 0.5) is 10.1 Å². The van der Waals surface area contributed by atoms with E-state index in [0.717, 1.165) is 22.0 Å². The van der Waals surface area contributed by atoms with E-state index >= 15 is 0 Å². The van der Waals surface area contributed by atoms with Crippen LogP contribution in [0.3, 0.4) is 0 Å². The maximum Gasteiger partial charge on any atom is 0.265 e. The fourth-order valence-corrected chi connectivity index (χ4v) is 4.05. The Morgan fingerprint density at radius 2 is 1.75 bits per heavy atom. The van der Waals surface area contributed by atoms with E-state index in [1.54, 1.807) is 12.1 Å². The number of hydrogen-bond acceptors (Lipinski definition) is 3. The number of carbonyl (C=O) groups is 1. The molecule has 1 unspecified atom stereocenters. The molecule has 2 aromatic carbocycles. The second-order valence-electron chi connectivity index (χ2n) is 5.19. The number of anilines is 1. The van der Waals surface area contributed by atoms with E-state index in [9.17, 15) is 17.6 Å². The number of benzene rings is 2. The summed E-state index contributed by atoms with van der Waals surface area (Å²) in [6, 6.07) is 8.32. The summed E-state index contributed by atoms with van der Waals surface area (Å²) in [5.41, 5.74) is 0.926. The number of sulfonamides is 1. The molecule has 1 atom stereocenters. The van der Waals surface area contributed by atoms with E-state index in [1.807, 2.05) is 6.92 Å². The summed E-state index contributed by atoms with van der Waals surface area (Å²) in [5, 5.41) is -1.13. The van der Waals surface area contributed by atoms with Crippen molar-refractivity contribution in [2.75, 3.05) is 4.31 Å². The van der Waals surface area contributed by atoms with Crippen molar-refractivity contribution in [3.8, 4) is 0 Å². The van der Waals surface area contributed by atoms with Gasteiger partial charge in [-0.1, -0.05) is 29.3 Å². The third-order valence-corrected chi connectivity index (χ3v) is 5.93. The Bertz CT molecular complexity index is 869. The van der Waals surface area contributed by atoms with Crippen LogP contribution in [-0.4, -0.2) is 19.7 Å². The first kappa shape index (κ1) is 18.7. The second-order valence-corrected chi connectivity index (χ2v) is 7.79. The number of hydrogen-bond donors (Lipinski definition) is 0. The largest absolute Gasteiger partial charge is 0.279 e. The predicted molar refractivity (Wildman–Crippen MR) is 92.6 cm³/mol. The lowest BCUT2D eigenvalue weighted by Crippen LogP contribution is -2.42. The highest BCUT2D eigenvalue weighted by Gasteiger charge is 2.33. The maximum absolute atomic E-state index is 13.4. The zero-order chi connectivity index (χ0) is 18.1. The summed E-state index contributed by atoms with van der Waals surface area (Å²) in [4.78, 5) is 11.6. The molecule has 0 aromatic heterocycles. The van der Waals surface area contributed by atoms with Crippen molar-refractivity contribution in [1.82, 2.24) is 0 Å². The average molecular weight is 390 g/mol. The predicted octanol–water partition coefficient (Wildman–Crippen LogP) is 4.14. The normalized spacial score (nSPS) is 12.7.